The molecule has 0 amide bonds. The number of nitrogens with zero attached hydrogens (tertiary/aromatic N) is 6. The molecule has 48 heavy (non-hydrogen) atoms. The van der Waals surface area contributed by atoms with E-state index in [-0.39, 0.29) is 5.70 Å². The summed E-state index contributed by atoms with van der Waals surface area (Å²) in [6.45, 7) is 5.83. The number of hydrogen-bond donors (Lipinski definition) is 1. The van der Waals surface area contributed by atoms with Crippen molar-refractivity contribution in [1.82, 2.24) is 24.9 Å². The molecule has 0 atom stereocenters. The van der Waals surface area contributed by atoms with Crippen molar-refractivity contribution in [2.24, 2.45) is 9.98 Å². The molecule has 2 aliphatic heterocycles. The van der Waals surface area contributed by atoms with Gasteiger partial charge in [0.25, 0.3) is 0 Å². The van der Waals surface area contributed by atoms with Gasteiger partial charge in [0.1, 0.15) is 0 Å². The second-order valence-corrected chi connectivity index (χ2v) is 12.3. The van der Waals surface area contributed by atoms with Crippen molar-refractivity contribution in [1.29, 1.82) is 0 Å². The van der Waals surface area contributed by atoms with Gasteiger partial charge < -0.3 is 5.73 Å². The zero-order valence-corrected chi connectivity index (χ0v) is 28.7. The molecule has 0 aliphatic carbocycles. The molecule has 0 fully saturated rings. The number of aromatic nitrogens is 5. The van der Waals surface area contributed by atoms with Gasteiger partial charge in [0.2, 0.25) is 0 Å². The first-order valence-corrected chi connectivity index (χ1v) is 16.6. The number of rotatable bonds is 9. The normalized spacial score (nSPS) is 16.3. The van der Waals surface area contributed by atoms with E-state index < -0.39 is 0 Å². The molecule has 0 unspecified atom stereocenters. The molecule has 226 valence electrons. The quantitative estimate of drug-likeness (QED) is 0.100. The van der Waals surface area contributed by atoms with Gasteiger partial charge in [-0.2, -0.15) is 0 Å². The monoisotopic (exact) mass is 670 g/mol. The summed E-state index contributed by atoms with van der Waals surface area (Å²) in [5.74, 6) is 0. The van der Waals surface area contributed by atoms with Crippen molar-refractivity contribution in [3.63, 3.8) is 0 Å². The van der Waals surface area contributed by atoms with E-state index in [4.69, 9.17) is 22.3 Å². The van der Waals surface area contributed by atoms with Gasteiger partial charge in [0.15, 0.2) is 0 Å². The molecule has 0 saturated carbocycles. The van der Waals surface area contributed by atoms with Crippen LogP contribution < -0.4 is 0 Å². The Morgan fingerprint density at radius 3 is 1.46 bits per heavy atom. The Labute approximate surface area is 287 Å². The third-order valence-electron chi connectivity index (χ3n) is 7.95. The summed E-state index contributed by atoms with van der Waals surface area (Å²) < 4.78 is 1.19. The van der Waals surface area contributed by atoms with E-state index in [1.807, 2.05) is 73.1 Å². The number of H-pyrrole nitrogens is 1. The van der Waals surface area contributed by atoms with E-state index >= 15 is 0 Å². The van der Waals surface area contributed by atoms with Crippen LogP contribution in [-0.2, 0) is 17.9 Å². The van der Waals surface area contributed by atoms with Gasteiger partial charge in [-0.1, -0.05) is 5.57 Å². The Balaban J connectivity index is 1.35. The molecule has 0 spiro atoms. The number of pyridine rings is 4. The average Bonchev–Trinajstić information content (AvgIpc) is 3.93. The SMILES string of the molecule is [CH-]=C/C([NH-])=C(C1=N/C(=C(/c2ccncc2)c2ccc(/C(=C3/C=CC([C](=[Zn])c4ccncc4)=N3)c3ccncc3)[nH]2)C=C1)\c1ccncc1. The minimum absolute atomic E-state index is 0.176. The van der Waals surface area contributed by atoms with Gasteiger partial charge in [0, 0.05) is 12.4 Å². The van der Waals surface area contributed by atoms with Crippen molar-refractivity contribution in [2.45, 2.75) is 0 Å². The van der Waals surface area contributed by atoms with Crippen LogP contribution in [0.25, 0.3) is 22.5 Å². The van der Waals surface area contributed by atoms with E-state index in [0.29, 0.717) is 11.3 Å². The predicted molar refractivity (Wildman–Crippen MR) is 187 cm³/mol. The molecule has 9 heteroatoms. The Morgan fingerprint density at radius 1 is 0.562 bits per heavy atom. The Hall–Kier alpha value is -6.05. The number of allylic oxidation sites excluding steroid dienone is 6. The third kappa shape index (κ3) is 6.19. The van der Waals surface area contributed by atoms with Crippen LogP contribution in [0.4, 0.5) is 0 Å². The van der Waals surface area contributed by atoms with Crippen molar-refractivity contribution < 1.29 is 17.9 Å². The van der Waals surface area contributed by atoms with Gasteiger partial charge in [-0.25, -0.2) is 0 Å². The van der Waals surface area contributed by atoms with Crippen molar-refractivity contribution in [2.75, 3.05) is 0 Å². The van der Waals surface area contributed by atoms with Gasteiger partial charge in [-0.3, -0.25) is 28.3 Å². The first kappa shape index (κ1) is 30.6. The van der Waals surface area contributed by atoms with Crippen LogP contribution in [0, 0.1) is 6.58 Å². The molecular weight excluding hydrogens is 646 g/mol. The van der Waals surface area contributed by atoms with Crippen LogP contribution in [0.2, 0.25) is 0 Å². The summed E-state index contributed by atoms with van der Waals surface area (Å²) in [4.78, 5) is 30.7. The molecular formula is C39H26N8Zn-2. The second-order valence-electron chi connectivity index (χ2n) is 10.8. The van der Waals surface area contributed by atoms with Gasteiger partial charge >= 0.3 is 219 Å². The standard InChI is InChI=1S/C39H26N8.Zn/c1-2-31(40)37(27-11-19-42-20-12-27)32-5-6-35(46-32)39(29-15-23-44-24-16-29)36-8-7-34(47-36)38(28-13-21-43-22-14-28)33-4-3-30(45-33)25-26-9-17-41-18-10-26;/h1-24,40,47H;/q-2;/b37-31-,38-33-,39-35-;. The summed E-state index contributed by atoms with van der Waals surface area (Å²) in [6, 6.07) is 19.8. The molecule has 7 heterocycles. The molecule has 0 saturated heterocycles. The zero-order valence-electron chi connectivity index (χ0n) is 25.7. The summed E-state index contributed by atoms with van der Waals surface area (Å²) in [6.07, 6.45) is 23.5. The maximum absolute atomic E-state index is 8.59. The van der Waals surface area contributed by atoms with Crippen LogP contribution in [-0.4, -0.2) is 40.4 Å². The van der Waals surface area contributed by atoms with E-state index in [9.17, 15) is 0 Å². The number of nitrogens with one attached hydrogen (secondary N) is 2. The van der Waals surface area contributed by atoms with Gasteiger partial charge in [-0.15, -0.1) is 0 Å². The summed E-state index contributed by atoms with van der Waals surface area (Å²) in [5.41, 5.74) is 20.1. The maximum atomic E-state index is 8.59. The van der Waals surface area contributed by atoms with Crippen molar-refractivity contribution in [3.8, 4) is 0 Å². The van der Waals surface area contributed by atoms with Crippen LogP contribution in [0.3, 0.4) is 0 Å². The minimum atomic E-state index is 0.176. The molecule has 0 radical (unpaired) electrons. The average molecular weight is 672 g/mol. The molecule has 5 aromatic rings. The smallest absolute Gasteiger partial charge is 0.265 e. The predicted octanol–water partition coefficient (Wildman–Crippen LogP) is 7.36. The Kier molecular flexibility index (Phi) is 8.77. The van der Waals surface area contributed by atoms with E-state index in [2.05, 4.69) is 49.2 Å². The molecule has 7 rings (SSSR count). The fourth-order valence-electron chi connectivity index (χ4n) is 5.66. The fraction of sp³-hybridized carbons (Fsp3) is 0. The summed E-state index contributed by atoms with van der Waals surface area (Å²) in [5, 5.41) is 0. The molecule has 0 aromatic carbocycles. The third-order valence-corrected chi connectivity index (χ3v) is 9.57. The van der Waals surface area contributed by atoms with Crippen LogP contribution in [0.15, 0.2) is 168 Å². The van der Waals surface area contributed by atoms with Crippen LogP contribution in [0.1, 0.15) is 33.6 Å². The molecule has 8 nitrogen and oxygen atoms in total. The summed E-state index contributed by atoms with van der Waals surface area (Å²) in [7, 11) is 0. The van der Waals surface area contributed by atoms with E-state index in [1.54, 1.807) is 37.2 Å². The van der Waals surface area contributed by atoms with Crippen molar-refractivity contribution >= 4 is 32.2 Å². The number of hydrogen-bond acceptors (Lipinski definition) is 6. The fourth-order valence-corrected chi connectivity index (χ4v) is 6.57. The van der Waals surface area contributed by atoms with E-state index in [1.165, 1.54) is 10.2 Å². The Morgan fingerprint density at radius 2 is 0.979 bits per heavy atom. The molecule has 2 N–H and O–H groups in total. The van der Waals surface area contributed by atoms with Gasteiger partial charge in [-0.05, 0) is 17.7 Å². The first-order valence-electron chi connectivity index (χ1n) is 15.1. The molecule has 0 bridgehead atoms. The molecule has 2 aliphatic rings. The van der Waals surface area contributed by atoms with Crippen LogP contribution in [0.5, 0.6) is 0 Å². The minimum Gasteiger partial charge on any atom is -0.265 e. The number of aliphatic imine (C=N–C) groups is 2. The topological polar surface area (TPSA) is 116 Å². The summed E-state index contributed by atoms with van der Waals surface area (Å²) >= 11 is 0.958. The van der Waals surface area contributed by atoms with Gasteiger partial charge in [0.05, 0.1) is 0 Å². The molecule has 5 aromatic heterocycles. The van der Waals surface area contributed by atoms with Crippen LogP contribution >= 0.6 is 0 Å². The number of aromatic amines is 1. The zero-order chi connectivity index (χ0) is 32.9. The van der Waals surface area contributed by atoms with Crippen molar-refractivity contribution in [3.05, 3.63) is 204 Å². The second kappa shape index (κ2) is 13.7. The van der Waals surface area contributed by atoms with E-state index in [0.717, 1.165) is 79.7 Å². The first-order chi connectivity index (χ1) is 23.6. The Bertz CT molecular complexity index is 2240.